The van der Waals surface area contributed by atoms with E-state index >= 15 is 0 Å². The van der Waals surface area contributed by atoms with Crippen LogP contribution in [0.4, 0.5) is 0 Å². The molecule has 1 atom stereocenters. The Labute approximate surface area is 56.6 Å². The highest BCUT2D eigenvalue weighted by Gasteiger charge is 2.19. The smallest absolute Gasteiger partial charge is 0.0763 e. The Morgan fingerprint density at radius 3 is 2.00 bits per heavy atom. The average molecular weight is 131 g/mol. The average Bonchev–Trinajstić information content (AvgIpc) is 1.64. The van der Waals surface area contributed by atoms with E-state index < -0.39 is 5.66 Å². The lowest BCUT2D eigenvalue weighted by Crippen LogP contribution is -2.59. The van der Waals surface area contributed by atoms with Gasteiger partial charge in [0.15, 0.2) is 0 Å². The summed E-state index contributed by atoms with van der Waals surface area (Å²) in [6.07, 6.45) is 1.93. The van der Waals surface area contributed by atoms with Crippen LogP contribution < -0.4 is 17.2 Å². The van der Waals surface area contributed by atoms with E-state index in [4.69, 9.17) is 17.2 Å². The van der Waals surface area contributed by atoms with Gasteiger partial charge in [-0.2, -0.15) is 0 Å². The maximum atomic E-state index is 5.61. The van der Waals surface area contributed by atoms with Crippen LogP contribution >= 0.6 is 0 Å². The van der Waals surface area contributed by atoms with Crippen molar-refractivity contribution in [1.82, 2.24) is 0 Å². The fraction of sp³-hybridized carbons (Fsp3) is 1.00. The fourth-order valence-corrected chi connectivity index (χ4v) is 0.622. The molecular formula is C6H17N3. The third kappa shape index (κ3) is 3.46. The zero-order chi connectivity index (χ0) is 7.49. The highest BCUT2D eigenvalue weighted by molar-refractivity contribution is 4.82. The number of hydrogen-bond donors (Lipinski definition) is 3. The molecule has 9 heavy (non-hydrogen) atoms. The minimum Gasteiger partial charge on any atom is -0.325 e. The molecule has 0 radical (unpaired) electrons. The van der Waals surface area contributed by atoms with Crippen molar-refractivity contribution >= 4 is 0 Å². The molecule has 0 saturated carbocycles. The van der Waals surface area contributed by atoms with Crippen LogP contribution in [0, 0.1) is 0 Å². The van der Waals surface area contributed by atoms with Crippen molar-refractivity contribution in [1.29, 1.82) is 0 Å². The normalized spacial score (nSPS) is 15.7. The van der Waals surface area contributed by atoms with E-state index in [1.807, 2.05) is 0 Å². The van der Waals surface area contributed by atoms with Gasteiger partial charge in [-0.3, -0.25) is 0 Å². The second kappa shape index (κ2) is 3.15. The predicted octanol–water partition coefficient (Wildman–Crippen LogP) is -0.253. The Bertz CT molecular complexity index is 74.9. The molecule has 3 nitrogen and oxygen atoms in total. The largest absolute Gasteiger partial charge is 0.325 e. The Morgan fingerprint density at radius 1 is 1.44 bits per heavy atom. The van der Waals surface area contributed by atoms with Crippen LogP contribution in [0.15, 0.2) is 0 Å². The summed E-state index contributed by atoms with van der Waals surface area (Å²) in [4.78, 5) is 0. The Kier molecular flexibility index (Phi) is 3.11. The summed E-state index contributed by atoms with van der Waals surface area (Å²) < 4.78 is 0. The van der Waals surface area contributed by atoms with Crippen molar-refractivity contribution < 1.29 is 0 Å². The number of rotatable bonds is 3. The molecule has 3 heteroatoms. The van der Waals surface area contributed by atoms with E-state index in [-0.39, 0.29) is 6.04 Å². The summed E-state index contributed by atoms with van der Waals surface area (Å²) in [6.45, 7) is 3.80. The fourth-order valence-electron chi connectivity index (χ4n) is 0.622. The monoisotopic (exact) mass is 131 g/mol. The number of hydrogen-bond acceptors (Lipinski definition) is 3. The van der Waals surface area contributed by atoms with Crippen LogP contribution in [-0.4, -0.2) is 11.7 Å². The molecule has 0 saturated heterocycles. The molecule has 0 amide bonds. The van der Waals surface area contributed by atoms with Gasteiger partial charge >= 0.3 is 0 Å². The van der Waals surface area contributed by atoms with Gasteiger partial charge in [-0.05, 0) is 13.3 Å². The van der Waals surface area contributed by atoms with Crippen molar-refractivity contribution in [3.8, 4) is 0 Å². The van der Waals surface area contributed by atoms with E-state index in [0.29, 0.717) is 0 Å². The van der Waals surface area contributed by atoms with Gasteiger partial charge in [0.05, 0.1) is 5.66 Å². The maximum absolute atomic E-state index is 5.61. The maximum Gasteiger partial charge on any atom is 0.0763 e. The van der Waals surface area contributed by atoms with Crippen LogP contribution in [-0.2, 0) is 0 Å². The topological polar surface area (TPSA) is 78.1 Å². The summed E-state index contributed by atoms with van der Waals surface area (Å²) in [7, 11) is 0. The quantitative estimate of drug-likeness (QED) is 0.462. The SMILES string of the molecule is CCCC(N)C(C)(N)N. The molecule has 6 N–H and O–H groups in total. The second-order valence-electron chi connectivity index (χ2n) is 2.76. The van der Waals surface area contributed by atoms with Crippen molar-refractivity contribution in [2.24, 2.45) is 17.2 Å². The zero-order valence-electron chi connectivity index (χ0n) is 6.22. The molecule has 0 fully saturated rings. The van der Waals surface area contributed by atoms with E-state index in [2.05, 4.69) is 6.92 Å². The minimum atomic E-state index is -0.712. The lowest BCUT2D eigenvalue weighted by Gasteiger charge is -2.26. The first-order chi connectivity index (χ1) is 3.98. The third-order valence-corrected chi connectivity index (χ3v) is 1.40. The van der Waals surface area contributed by atoms with Crippen molar-refractivity contribution in [2.75, 3.05) is 0 Å². The highest BCUT2D eigenvalue weighted by Crippen LogP contribution is 2.01. The molecule has 0 bridgehead atoms. The summed E-state index contributed by atoms with van der Waals surface area (Å²) in [5.74, 6) is 0. The molecule has 0 spiro atoms. The molecule has 56 valence electrons. The molecule has 0 rings (SSSR count). The van der Waals surface area contributed by atoms with Gasteiger partial charge in [0.1, 0.15) is 0 Å². The molecule has 0 heterocycles. The molecular weight excluding hydrogens is 114 g/mol. The first-order valence-corrected chi connectivity index (χ1v) is 3.31. The van der Waals surface area contributed by atoms with Crippen LogP contribution in [0.25, 0.3) is 0 Å². The lowest BCUT2D eigenvalue weighted by molar-refractivity contribution is 0.367. The molecule has 0 aliphatic heterocycles. The van der Waals surface area contributed by atoms with Crippen molar-refractivity contribution in [2.45, 2.75) is 38.4 Å². The summed E-state index contributed by atoms with van der Waals surface area (Å²) >= 11 is 0. The molecule has 1 unspecified atom stereocenters. The van der Waals surface area contributed by atoms with E-state index in [1.165, 1.54) is 0 Å². The zero-order valence-corrected chi connectivity index (χ0v) is 6.22. The Morgan fingerprint density at radius 2 is 1.89 bits per heavy atom. The van der Waals surface area contributed by atoms with Crippen LogP contribution in [0.5, 0.6) is 0 Å². The van der Waals surface area contributed by atoms with Gasteiger partial charge in [0.2, 0.25) is 0 Å². The van der Waals surface area contributed by atoms with Crippen LogP contribution in [0.1, 0.15) is 26.7 Å². The van der Waals surface area contributed by atoms with Gasteiger partial charge in [-0.15, -0.1) is 0 Å². The van der Waals surface area contributed by atoms with Gasteiger partial charge in [-0.1, -0.05) is 13.3 Å². The van der Waals surface area contributed by atoms with Crippen molar-refractivity contribution in [3.63, 3.8) is 0 Å². The second-order valence-corrected chi connectivity index (χ2v) is 2.76. The third-order valence-electron chi connectivity index (χ3n) is 1.40. The number of nitrogens with two attached hydrogens (primary N) is 3. The van der Waals surface area contributed by atoms with Gasteiger partial charge in [0.25, 0.3) is 0 Å². The first kappa shape index (κ1) is 8.88. The van der Waals surface area contributed by atoms with E-state index in [0.717, 1.165) is 12.8 Å². The van der Waals surface area contributed by atoms with Crippen molar-refractivity contribution in [3.05, 3.63) is 0 Å². The van der Waals surface area contributed by atoms with Gasteiger partial charge in [-0.25, -0.2) is 0 Å². The van der Waals surface area contributed by atoms with Gasteiger partial charge < -0.3 is 17.2 Å². The first-order valence-electron chi connectivity index (χ1n) is 3.31. The Balaban J connectivity index is 3.59. The standard InChI is InChI=1S/C6H17N3/c1-3-4-5(7)6(2,8)9/h5H,3-4,7-9H2,1-2H3. The van der Waals surface area contributed by atoms with E-state index in [1.54, 1.807) is 6.92 Å². The van der Waals surface area contributed by atoms with Gasteiger partial charge in [0, 0.05) is 6.04 Å². The predicted molar refractivity (Wildman–Crippen MR) is 39.7 cm³/mol. The summed E-state index contributed by atoms with van der Waals surface area (Å²) in [5.41, 5.74) is 15.9. The molecule has 0 aliphatic rings. The molecule has 0 aliphatic carbocycles. The summed E-state index contributed by atoms with van der Waals surface area (Å²) in [5, 5.41) is 0. The van der Waals surface area contributed by atoms with Crippen LogP contribution in [0.3, 0.4) is 0 Å². The summed E-state index contributed by atoms with van der Waals surface area (Å²) in [6, 6.07) is -0.0810. The highest BCUT2D eigenvalue weighted by atomic mass is 15.0. The van der Waals surface area contributed by atoms with Crippen LogP contribution in [0.2, 0.25) is 0 Å². The minimum absolute atomic E-state index is 0.0810. The Hall–Kier alpha value is -0.120. The lowest BCUT2D eigenvalue weighted by atomic mass is 10.0. The molecule has 0 aromatic heterocycles. The molecule has 0 aromatic rings. The van der Waals surface area contributed by atoms with E-state index in [9.17, 15) is 0 Å². The molecule has 0 aromatic carbocycles.